The highest BCUT2D eigenvalue weighted by atomic mass is 32.2. The van der Waals surface area contributed by atoms with Crippen LogP contribution in [0, 0.1) is 6.92 Å². The molecule has 0 saturated heterocycles. The quantitative estimate of drug-likeness (QED) is 0.599. The Labute approximate surface area is 130 Å². The number of nitrogens with zero attached hydrogens (tertiary/aromatic N) is 2. The van der Waals surface area contributed by atoms with Gasteiger partial charge in [-0.3, -0.25) is 0 Å². The van der Waals surface area contributed by atoms with Crippen LogP contribution in [0.2, 0.25) is 0 Å². The summed E-state index contributed by atoms with van der Waals surface area (Å²) in [5, 5.41) is 7.48. The summed E-state index contributed by atoms with van der Waals surface area (Å²) in [4.78, 5) is 8.97. The molecule has 112 valence electrons. The molecular formula is C16H22N4S. The standard InChI is InChI=1S/C16H22N4S/c1-4-9-17-14-10-15(20-16(19-14)21-3)18-11-13-8-6-5-7-12(13)2/h5-8,10H,4,9,11H2,1-3H3,(H2,17,18,19,20). The van der Waals surface area contributed by atoms with Gasteiger partial charge in [0.2, 0.25) is 0 Å². The summed E-state index contributed by atoms with van der Waals surface area (Å²) in [6.45, 7) is 5.95. The summed E-state index contributed by atoms with van der Waals surface area (Å²) in [6.07, 6.45) is 3.06. The van der Waals surface area contributed by atoms with Crippen LogP contribution in [0.3, 0.4) is 0 Å². The van der Waals surface area contributed by atoms with Crippen molar-refractivity contribution in [1.29, 1.82) is 0 Å². The van der Waals surface area contributed by atoms with Gasteiger partial charge in [-0.2, -0.15) is 0 Å². The molecule has 2 rings (SSSR count). The number of nitrogens with one attached hydrogen (secondary N) is 2. The molecule has 0 unspecified atom stereocenters. The average molecular weight is 302 g/mol. The van der Waals surface area contributed by atoms with Gasteiger partial charge in [0.05, 0.1) is 0 Å². The first-order chi connectivity index (χ1) is 10.2. The van der Waals surface area contributed by atoms with Gasteiger partial charge in [-0.15, -0.1) is 0 Å². The zero-order valence-corrected chi connectivity index (χ0v) is 13.6. The fraction of sp³-hybridized carbons (Fsp3) is 0.375. The number of hydrogen-bond donors (Lipinski definition) is 2. The molecule has 5 heteroatoms. The summed E-state index contributed by atoms with van der Waals surface area (Å²) < 4.78 is 0. The van der Waals surface area contributed by atoms with Crippen LogP contribution in [0.25, 0.3) is 0 Å². The van der Waals surface area contributed by atoms with Gasteiger partial charge in [-0.25, -0.2) is 9.97 Å². The first-order valence-corrected chi connectivity index (χ1v) is 8.40. The van der Waals surface area contributed by atoms with Crippen LogP contribution in [0.1, 0.15) is 24.5 Å². The van der Waals surface area contributed by atoms with Gasteiger partial charge in [0.15, 0.2) is 5.16 Å². The van der Waals surface area contributed by atoms with E-state index in [0.717, 1.165) is 36.3 Å². The van der Waals surface area contributed by atoms with Gasteiger partial charge >= 0.3 is 0 Å². The fourth-order valence-corrected chi connectivity index (χ4v) is 2.32. The number of anilines is 2. The molecular weight excluding hydrogens is 280 g/mol. The van der Waals surface area contributed by atoms with E-state index < -0.39 is 0 Å². The van der Waals surface area contributed by atoms with E-state index in [2.05, 4.69) is 58.7 Å². The number of thioether (sulfide) groups is 1. The lowest BCUT2D eigenvalue weighted by Crippen LogP contribution is -2.07. The zero-order valence-electron chi connectivity index (χ0n) is 12.8. The highest BCUT2D eigenvalue weighted by Crippen LogP contribution is 2.18. The number of aryl methyl sites for hydroxylation is 1. The highest BCUT2D eigenvalue weighted by Gasteiger charge is 2.04. The van der Waals surface area contributed by atoms with Crippen molar-refractivity contribution in [2.75, 3.05) is 23.4 Å². The van der Waals surface area contributed by atoms with Gasteiger partial charge in [0.25, 0.3) is 0 Å². The molecule has 0 bridgehead atoms. The topological polar surface area (TPSA) is 49.8 Å². The zero-order chi connectivity index (χ0) is 15.1. The second kappa shape index (κ2) is 7.88. The second-order valence-corrected chi connectivity index (χ2v) is 5.61. The Morgan fingerprint density at radius 1 is 1.10 bits per heavy atom. The van der Waals surface area contributed by atoms with E-state index in [1.165, 1.54) is 11.1 Å². The molecule has 0 saturated carbocycles. The molecule has 1 aromatic carbocycles. The molecule has 21 heavy (non-hydrogen) atoms. The van der Waals surface area contributed by atoms with Gasteiger partial charge in [-0.1, -0.05) is 43.0 Å². The van der Waals surface area contributed by atoms with E-state index in [1.54, 1.807) is 11.8 Å². The molecule has 2 N–H and O–H groups in total. The number of hydrogen-bond acceptors (Lipinski definition) is 5. The third kappa shape index (κ3) is 4.63. The van der Waals surface area contributed by atoms with E-state index in [4.69, 9.17) is 0 Å². The molecule has 0 spiro atoms. The maximum absolute atomic E-state index is 4.51. The van der Waals surface area contributed by atoms with E-state index in [1.807, 2.05) is 12.3 Å². The third-order valence-corrected chi connectivity index (χ3v) is 3.71. The summed E-state index contributed by atoms with van der Waals surface area (Å²) in [7, 11) is 0. The monoisotopic (exact) mass is 302 g/mol. The minimum absolute atomic E-state index is 0.769. The maximum Gasteiger partial charge on any atom is 0.191 e. The number of aromatic nitrogens is 2. The molecule has 0 aliphatic rings. The highest BCUT2D eigenvalue weighted by molar-refractivity contribution is 7.98. The van der Waals surface area contributed by atoms with Crippen LogP contribution in [-0.2, 0) is 6.54 Å². The summed E-state index contributed by atoms with van der Waals surface area (Å²) in [5.74, 6) is 1.74. The molecule has 0 radical (unpaired) electrons. The van der Waals surface area contributed by atoms with Crippen LogP contribution in [-0.4, -0.2) is 22.8 Å². The van der Waals surface area contributed by atoms with Crippen LogP contribution in [0.5, 0.6) is 0 Å². The minimum atomic E-state index is 0.769. The first kappa shape index (κ1) is 15.6. The van der Waals surface area contributed by atoms with Crippen molar-refractivity contribution in [3.05, 3.63) is 41.5 Å². The van der Waals surface area contributed by atoms with Crippen LogP contribution < -0.4 is 10.6 Å². The van der Waals surface area contributed by atoms with Crippen molar-refractivity contribution in [1.82, 2.24) is 9.97 Å². The molecule has 2 aromatic rings. The molecule has 0 aliphatic heterocycles. The van der Waals surface area contributed by atoms with Crippen molar-refractivity contribution in [3.63, 3.8) is 0 Å². The average Bonchev–Trinajstić information content (AvgIpc) is 2.52. The Hall–Kier alpha value is -1.75. The largest absolute Gasteiger partial charge is 0.370 e. The Morgan fingerprint density at radius 3 is 2.48 bits per heavy atom. The predicted octanol–water partition coefficient (Wildman–Crippen LogP) is 3.94. The summed E-state index contributed by atoms with van der Waals surface area (Å²) in [5.41, 5.74) is 2.57. The van der Waals surface area contributed by atoms with E-state index in [9.17, 15) is 0 Å². The predicted molar refractivity (Wildman–Crippen MR) is 91.1 cm³/mol. The van der Waals surface area contributed by atoms with Gasteiger partial charge in [-0.05, 0) is 30.7 Å². The van der Waals surface area contributed by atoms with E-state index in [-0.39, 0.29) is 0 Å². The van der Waals surface area contributed by atoms with Gasteiger partial charge in [0, 0.05) is 19.2 Å². The molecule has 4 nitrogen and oxygen atoms in total. The van der Waals surface area contributed by atoms with Crippen molar-refractivity contribution >= 4 is 23.4 Å². The van der Waals surface area contributed by atoms with E-state index >= 15 is 0 Å². The molecule has 0 atom stereocenters. The van der Waals surface area contributed by atoms with Crippen molar-refractivity contribution < 1.29 is 0 Å². The lowest BCUT2D eigenvalue weighted by molar-refractivity contribution is 0.921. The second-order valence-electron chi connectivity index (χ2n) is 4.83. The van der Waals surface area contributed by atoms with Crippen molar-refractivity contribution in [3.8, 4) is 0 Å². The van der Waals surface area contributed by atoms with Crippen LogP contribution in [0.15, 0.2) is 35.5 Å². The van der Waals surface area contributed by atoms with E-state index in [0.29, 0.717) is 0 Å². The van der Waals surface area contributed by atoms with Crippen LogP contribution >= 0.6 is 11.8 Å². The maximum atomic E-state index is 4.51. The Balaban J connectivity index is 2.09. The summed E-state index contributed by atoms with van der Waals surface area (Å²) in [6, 6.07) is 10.3. The molecule has 0 aliphatic carbocycles. The number of rotatable bonds is 7. The third-order valence-electron chi connectivity index (χ3n) is 3.17. The fourth-order valence-electron chi connectivity index (χ4n) is 1.94. The first-order valence-electron chi connectivity index (χ1n) is 7.18. The molecule has 1 heterocycles. The Kier molecular flexibility index (Phi) is 5.87. The normalized spacial score (nSPS) is 10.4. The van der Waals surface area contributed by atoms with Crippen molar-refractivity contribution in [2.24, 2.45) is 0 Å². The SMILES string of the molecule is CCCNc1cc(NCc2ccccc2C)nc(SC)n1. The van der Waals surface area contributed by atoms with Gasteiger partial charge < -0.3 is 10.6 Å². The van der Waals surface area contributed by atoms with Crippen LogP contribution in [0.4, 0.5) is 11.6 Å². The lowest BCUT2D eigenvalue weighted by atomic mass is 10.1. The Bertz CT molecular complexity index is 586. The smallest absolute Gasteiger partial charge is 0.191 e. The Morgan fingerprint density at radius 2 is 1.81 bits per heavy atom. The molecule has 1 aromatic heterocycles. The minimum Gasteiger partial charge on any atom is -0.370 e. The molecule has 0 fully saturated rings. The number of benzene rings is 1. The van der Waals surface area contributed by atoms with Crippen molar-refractivity contribution in [2.45, 2.75) is 32.0 Å². The summed E-state index contributed by atoms with van der Waals surface area (Å²) >= 11 is 1.55. The van der Waals surface area contributed by atoms with Gasteiger partial charge in [0.1, 0.15) is 11.6 Å². The lowest BCUT2D eigenvalue weighted by Gasteiger charge is -2.11. The molecule has 0 amide bonds.